The summed E-state index contributed by atoms with van der Waals surface area (Å²) in [6, 6.07) is 1.72. The number of nitro benzene ring substituents is 1. The van der Waals surface area contributed by atoms with Gasteiger partial charge >= 0.3 is 6.18 Å². The van der Waals surface area contributed by atoms with Crippen LogP contribution < -0.4 is 0 Å². The lowest BCUT2D eigenvalue weighted by Crippen LogP contribution is -2.12. The third-order valence-electron chi connectivity index (χ3n) is 1.77. The van der Waals surface area contributed by atoms with Gasteiger partial charge in [-0.25, -0.2) is 0 Å². The second kappa shape index (κ2) is 4.20. The first-order valence-electron chi connectivity index (χ1n) is 3.78. The van der Waals surface area contributed by atoms with Crippen LogP contribution in [0.3, 0.4) is 0 Å². The van der Waals surface area contributed by atoms with Crippen molar-refractivity contribution in [3.05, 3.63) is 37.8 Å². The second-order valence-electron chi connectivity index (χ2n) is 2.73. The minimum atomic E-state index is -4.96. The molecule has 0 unspecified atom stereocenters. The van der Waals surface area contributed by atoms with Gasteiger partial charge in [0, 0.05) is 16.1 Å². The lowest BCUT2D eigenvalue weighted by atomic mass is 10.1. The van der Waals surface area contributed by atoms with E-state index >= 15 is 0 Å². The number of aldehydes is 1. The van der Waals surface area contributed by atoms with Gasteiger partial charge in [0.25, 0.3) is 5.69 Å². The van der Waals surface area contributed by atoms with Gasteiger partial charge in [-0.3, -0.25) is 14.9 Å². The van der Waals surface area contributed by atoms with Crippen molar-refractivity contribution in [3.8, 4) is 0 Å². The summed E-state index contributed by atoms with van der Waals surface area (Å²) in [6.45, 7) is 0. The Morgan fingerprint density at radius 2 is 1.94 bits per heavy atom. The van der Waals surface area contributed by atoms with E-state index in [1.807, 2.05) is 0 Å². The Morgan fingerprint density at radius 1 is 1.38 bits per heavy atom. The third-order valence-corrected chi connectivity index (χ3v) is 2.46. The minimum Gasteiger partial charge on any atom is -0.298 e. The van der Waals surface area contributed by atoms with Gasteiger partial charge in [0.2, 0.25) is 0 Å². The van der Waals surface area contributed by atoms with Crippen LogP contribution in [0, 0.1) is 10.1 Å². The predicted molar refractivity (Wildman–Crippen MR) is 51.2 cm³/mol. The van der Waals surface area contributed by atoms with Crippen LogP contribution in [0.15, 0.2) is 16.6 Å². The molecule has 1 aromatic carbocycles. The molecule has 1 aromatic rings. The average Bonchev–Trinajstić information content (AvgIpc) is 2.15. The highest BCUT2D eigenvalue weighted by Crippen LogP contribution is 2.40. The summed E-state index contributed by atoms with van der Waals surface area (Å²) in [7, 11) is 0. The van der Waals surface area contributed by atoms with Crippen LogP contribution in [0.2, 0.25) is 0 Å². The van der Waals surface area contributed by atoms with Crippen molar-refractivity contribution < 1.29 is 22.9 Å². The molecule has 0 aliphatic rings. The fraction of sp³-hybridized carbons (Fsp3) is 0.125. The molecule has 0 amide bonds. The predicted octanol–water partition coefficient (Wildman–Crippen LogP) is 3.19. The summed E-state index contributed by atoms with van der Waals surface area (Å²) in [6.07, 6.45) is -5.03. The van der Waals surface area contributed by atoms with Crippen LogP contribution in [-0.2, 0) is 6.18 Å². The molecule has 16 heavy (non-hydrogen) atoms. The smallest absolute Gasteiger partial charge is 0.298 e. The van der Waals surface area contributed by atoms with E-state index in [4.69, 9.17) is 0 Å². The summed E-state index contributed by atoms with van der Waals surface area (Å²) in [4.78, 5) is 19.8. The Balaban J connectivity index is 3.67. The number of hydrogen-bond donors (Lipinski definition) is 0. The fourth-order valence-electron chi connectivity index (χ4n) is 1.15. The molecule has 0 aliphatic heterocycles. The van der Waals surface area contributed by atoms with Gasteiger partial charge in [-0.15, -0.1) is 0 Å². The van der Waals surface area contributed by atoms with E-state index in [2.05, 4.69) is 15.9 Å². The monoisotopic (exact) mass is 297 g/mol. The molecule has 0 atom stereocenters. The molecule has 0 spiro atoms. The number of hydrogen-bond acceptors (Lipinski definition) is 3. The van der Waals surface area contributed by atoms with E-state index in [1.54, 1.807) is 0 Å². The number of carbonyl (C=O) groups excluding carboxylic acids is 1. The Morgan fingerprint density at radius 3 is 2.31 bits per heavy atom. The molecule has 1 rings (SSSR count). The summed E-state index contributed by atoms with van der Waals surface area (Å²) in [5.41, 5.74) is -3.46. The van der Waals surface area contributed by atoms with E-state index in [-0.39, 0.29) is 10.8 Å². The van der Waals surface area contributed by atoms with Gasteiger partial charge in [0.15, 0.2) is 6.29 Å². The van der Waals surface area contributed by atoms with Crippen molar-refractivity contribution in [3.63, 3.8) is 0 Å². The van der Waals surface area contributed by atoms with Crippen LogP contribution in [-0.4, -0.2) is 11.2 Å². The van der Waals surface area contributed by atoms with E-state index in [0.29, 0.717) is 6.07 Å². The van der Waals surface area contributed by atoms with Gasteiger partial charge in [-0.05, 0) is 6.07 Å². The van der Waals surface area contributed by atoms with E-state index in [0.717, 1.165) is 6.07 Å². The van der Waals surface area contributed by atoms with Crippen LogP contribution in [0.4, 0.5) is 18.9 Å². The van der Waals surface area contributed by atoms with Crippen molar-refractivity contribution in [2.24, 2.45) is 0 Å². The Bertz CT molecular complexity index is 459. The first-order chi connectivity index (χ1) is 7.29. The maximum Gasteiger partial charge on any atom is 0.423 e. The zero-order valence-electron chi connectivity index (χ0n) is 7.42. The number of rotatable bonds is 2. The molecule has 0 saturated heterocycles. The van der Waals surface area contributed by atoms with Crippen molar-refractivity contribution in [2.75, 3.05) is 0 Å². The fourth-order valence-corrected chi connectivity index (χ4v) is 1.57. The van der Waals surface area contributed by atoms with Crippen molar-refractivity contribution in [1.82, 2.24) is 0 Å². The summed E-state index contributed by atoms with van der Waals surface area (Å²) < 4.78 is 37.5. The molecule has 0 saturated carbocycles. The van der Waals surface area contributed by atoms with Crippen LogP contribution in [0.1, 0.15) is 15.9 Å². The molecule has 0 fully saturated rings. The Labute approximate surface area is 95.3 Å². The minimum absolute atomic E-state index is 0.0695. The molecule has 0 bridgehead atoms. The summed E-state index contributed by atoms with van der Waals surface area (Å²) >= 11 is 2.73. The van der Waals surface area contributed by atoms with E-state index in [9.17, 15) is 28.1 Å². The van der Waals surface area contributed by atoms with Crippen LogP contribution in [0.25, 0.3) is 0 Å². The highest BCUT2D eigenvalue weighted by atomic mass is 79.9. The molecule has 0 aromatic heterocycles. The Kier molecular flexibility index (Phi) is 3.32. The molecule has 86 valence electrons. The highest BCUT2D eigenvalue weighted by molar-refractivity contribution is 9.10. The van der Waals surface area contributed by atoms with Gasteiger partial charge < -0.3 is 0 Å². The topological polar surface area (TPSA) is 60.2 Å². The molecular weight excluding hydrogens is 295 g/mol. The van der Waals surface area contributed by atoms with Crippen LogP contribution >= 0.6 is 15.9 Å². The zero-order valence-corrected chi connectivity index (χ0v) is 9.00. The van der Waals surface area contributed by atoms with Gasteiger partial charge in [-0.1, -0.05) is 15.9 Å². The van der Waals surface area contributed by atoms with Crippen molar-refractivity contribution >= 4 is 27.9 Å². The van der Waals surface area contributed by atoms with Crippen molar-refractivity contribution in [2.45, 2.75) is 6.18 Å². The average molecular weight is 298 g/mol. The van der Waals surface area contributed by atoms with Crippen molar-refractivity contribution in [1.29, 1.82) is 0 Å². The Hall–Kier alpha value is -1.44. The molecule has 0 heterocycles. The first kappa shape index (κ1) is 12.6. The standard InChI is InChI=1S/C8H3BrF3NO3/c9-5-1-2-6(13(15)16)7(4(5)3-14)8(10,11)12/h1-3H. The van der Waals surface area contributed by atoms with Crippen LogP contribution in [0.5, 0.6) is 0 Å². The number of carbonyl (C=O) groups is 1. The number of alkyl halides is 3. The molecule has 0 radical (unpaired) electrons. The number of halogens is 4. The molecule has 8 heteroatoms. The van der Waals surface area contributed by atoms with Gasteiger partial charge in [0.05, 0.1) is 4.92 Å². The number of nitro groups is 1. The SMILES string of the molecule is O=Cc1c(Br)ccc([N+](=O)[O-])c1C(F)(F)F. The molecule has 4 nitrogen and oxygen atoms in total. The third kappa shape index (κ3) is 2.21. The lowest BCUT2D eigenvalue weighted by molar-refractivity contribution is -0.388. The number of nitrogens with zero attached hydrogens (tertiary/aromatic N) is 1. The van der Waals surface area contributed by atoms with Gasteiger partial charge in [-0.2, -0.15) is 13.2 Å². The first-order valence-corrected chi connectivity index (χ1v) is 4.57. The molecule has 0 aliphatic carbocycles. The van der Waals surface area contributed by atoms with E-state index in [1.165, 1.54) is 0 Å². The largest absolute Gasteiger partial charge is 0.423 e. The number of benzene rings is 1. The molecular formula is C8H3BrF3NO3. The summed E-state index contributed by atoms with van der Waals surface area (Å²) in [5, 5.41) is 10.4. The molecule has 0 N–H and O–H groups in total. The summed E-state index contributed by atoms with van der Waals surface area (Å²) in [5.74, 6) is 0. The highest BCUT2D eigenvalue weighted by Gasteiger charge is 2.41. The normalized spacial score (nSPS) is 11.2. The second-order valence-corrected chi connectivity index (χ2v) is 3.58. The quantitative estimate of drug-likeness (QED) is 0.478. The van der Waals surface area contributed by atoms with Gasteiger partial charge in [0.1, 0.15) is 5.56 Å². The maximum absolute atomic E-state index is 12.6. The zero-order chi connectivity index (χ0) is 12.5. The maximum atomic E-state index is 12.6. The lowest BCUT2D eigenvalue weighted by Gasteiger charge is -2.10. The van der Waals surface area contributed by atoms with E-state index < -0.39 is 27.9 Å².